The number of benzene rings is 2. The van der Waals surface area contributed by atoms with Gasteiger partial charge in [0.15, 0.2) is 0 Å². The van der Waals surface area contributed by atoms with E-state index in [0.29, 0.717) is 6.04 Å². The van der Waals surface area contributed by atoms with Crippen LogP contribution >= 0.6 is 11.8 Å². The molecule has 2 aromatic rings. The molecule has 3 heteroatoms. The predicted molar refractivity (Wildman–Crippen MR) is 82.9 cm³/mol. The normalized spacial score (nSPS) is 14.0. The second-order valence-electron chi connectivity index (χ2n) is 5.05. The summed E-state index contributed by atoms with van der Waals surface area (Å²) < 4.78 is 0. The molecule has 0 radical (unpaired) electrons. The summed E-state index contributed by atoms with van der Waals surface area (Å²) in [7, 11) is 0. The van der Waals surface area contributed by atoms with Crippen LogP contribution in [0.2, 0.25) is 0 Å². The van der Waals surface area contributed by atoms with Gasteiger partial charge in [-0.2, -0.15) is 0 Å². The van der Waals surface area contributed by atoms with Crippen molar-refractivity contribution in [3.63, 3.8) is 0 Å². The van der Waals surface area contributed by atoms with E-state index in [1.807, 2.05) is 54.2 Å². The number of hydrogen-bond acceptors (Lipinski definition) is 2. The molecule has 1 aliphatic carbocycles. The summed E-state index contributed by atoms with van der Waals surface area (Å²) in [5.74, 6) is 0.976. The van der Waals surface area contributed by atoms with Gasteiger partial charge in [-0.05, 0) is 42.7 Å². The number of amides is 1. The van der Waals surface area contributed by atoms with E-state index in [-0.39, 0.29) is 5.91 Å². The Morgan fingerprint density at radius 1 is 1.05 bits per heavy atom. The topological polar surface area (TPSA) is 29.1 Å². The second kappa shape index (κ2) is 6.14. The lowest BCUT2D eigenvalue weighted by atomic mass is 10.1. The van der Waals surface area contributed by atoms with Gasteiger partial charge in [0.05, 0.1) is 0 Å². The van der Waals surface area contributed by atoms with Crippen LogP contribution in [0.25, 0.3) is 0 Å². The Balaban J connectivity index is 1.56. The fourth-order valence-corrected chi connectivity index (χ4v) is 2.81. The predicted octanol–water partition coefficient (Wildman–Crippen LogP) is 3.87. The third kappa shape index (κ3) is 3.64. The van der Waals surface area contributed by atoms with Crippen molar-refractivity contribution in [2.75, 3.05) is 0 Å². The molecular weight excluding hydrogens is 266 g/mol. The molecular formula is C17H17NOS. The zero-order chi connectivity index (χ0) is 13.8. The molecule has 3 rings (SSSR count). The fraction of sp³-hybridized carbons (Fsp3) is 0.235. The largest absolute Gasteiger partial charge is 0.349 e. The van der Waals surface area contributed by atoms with E-state index in [1.165, 1.54) is 10.5 Å². The van der Waals surface area contributed by atoms with Crippen molar-refractivity contribution in [3.8, 4) is 0 Å². The standard InChI is InChI=1S/C17H17NOS/c19-17(18-15-10-11-15)14-8-6-13(7-9-14)12-20-16-4-2-1-3-5-16/h1-9,15H,10-12H2,(H,18,19). The first-order chi connectivity index (χ1) is 9.81. The van der Waals surface area contributed by atoms with Crippen LogP contribution in [-0.4, -0.2) is 11.9 Å². The molecule has 2 nitrogen and oxygen atoms in total. The Labute approximate surface area is 123 Å². The molecule has 102 valence electrons. The van der Waals surface area contributed by atoms with Gasteiger partial charge in [-0.3, -0.25) is 4.79 Å². The van der Waals surface area contributed by atoms with E-state index in [4.69, 9.17) is 0 Å². The first-order valence-corrected chi connectivity index (χ1v) is 7.87. The molecule has 0 atom stereocenters. The van der Waals surface area contributed by atoms with Crippen LogP contribution in [-0.2, 0) is 5.75 Å². The van der Waals surface area contributed by atoms with Crippen molar-refractivity contribution < 1.29 is 4.79 Å². The van der Waals surface area contributed by atoms with Crippen molar-refractivity contribution in [2.45, 2.75) is 29.5 Å². The van der Waals surface area contributed by atoms with Crippen LogP contribution in [0, 0.1) is 0 Å². The summed E-state index contributed by atoms with van der Waals surface area (Å²) in [6, 6.07) is 18.7. The van der Waals surface area contributed by atoms with Crippen molar-refractivity contribution in [1.29, 1.82) is 0 Å². The molecule has 0 heterocycles. The smallest absolute Gasteiger partial charge is 0.251 e. The molecule has 1 fully saturated rings. The summed E-state index contributed by atoms with van der Waals surface area (Å²) in [4.78, 5) is 13.1. The van der Waals surface area contributed by atoms with Gasteiger partial charge in [-0.25, -0.2) is 0 Å². The van der Waals surface area contributed by atoms with Crippen LogP contribution in [0.15, 0.2) is 59.5 Å². The van der Waals surface area contributed by atoms with Gasteiger partial charge in [-0.15, -0.1) is 11.8 Å². The number of carbonyl (C=O) groups excluding carboxylic acids is 1. The molecule has 0 spiro atoms. The molecule has 1 saturated carbocycles. The Bertz CT molecular complexity index is 576. The first kappa shape index (κ1) is 13.3. The van der Waals surface area contributed by atoms with Crippen LogP contribution in [0.3, 0.4) is 0 Å². The minimum absolute atomic E-state index is 0.0507. The average molecular weight is 283 g/mol. The van der Waals surface area contributed by atoms with Gasteiger partial charge in [0, 0.05) is 22.3 Å². The van der Waals surface area contributed by atoms with E-state index in [2.05, 4.69) is 17.4 Å². The Morgan fingerprint density at radius 3 is 2.40 bits per heavy atom. The number of hydrogen-bond donors (Lipinski definition) is 1. The molecule has 0 aliphatic heterocycles. The quantitative estimate of drug-likeness (QED) is 0.844. The third-order valence-electron chi connectivity index (χ3n) is 3.28. The number of nitrogens with one attached hydrogen (secondary N) is 1. The lowest BCUT2D eigenvalue weighted by Gasteiger charge is -2.05. The van der Waals surface area contributed by atoms with E-state index < -0.39 is 0 Å². The van der Waals surface area contributed by atoms with Crippen molar-refractivity contribution in [3.05, 3.63) is 65.7 Å². The summed E-state index contributed by atoms with van der Waals surface area (Å²) >= 11 is 1.81. The van der Waals surface area contributed by atoms with E-state index in [9.17, 15) is 4.79 Å². The molecule has 0 bridgehead atoms. The van der Waals surface area contributed by atoms with Crippen LogP contribution in [0.4, 0.5) is 0 Å². The highest BCUT2D eigenvalue weighted by Gasteiger charge is 2.23. The molecule has 1 aliphatic rings. The summed E-state index contributed by atoms with van der Waals surface area (Å²) in [6.45, 7) is 0. The number of carbonyl (C=O) groups is 1. The SMILES string of the molecule is O=C(NC1CC1)c1ccc(CSc2ccccc2)cc1. The van der Waals surface area contributed by atoms with Crippen LogP contribution in [0.1, 0.15) is 28.8 Å². The van der Waals surface area contributed by atoms with E-state index in [1.54, 1.807) is 0 Å². The average Bonchev–Trinajstić information content (AvgIpc) is 3.31. The Morgan fingerprint density at radius 2 is 1.75 bits per heavy atom. The van der Waals surface area contributed by atoms with Crippen molar-refractivity contribution in [2.24, 2.45) is 0 Å². The monoisotopic (exact) mass is 283 g/mol. The Kier molecular flexibility index (Phi) is 4.07. The minimum atomic E-state index is 0.0507. The molecule has 0 saturated heterocycles. The molecule has 1 amide bonds. The summed E-state index contributed by atoms with van der Waals surface area (Å²) in [6.07, 6.45) is 2.25. The lowest BCUT2D eigenvalue weighted by Crippen LogP contribution is -2.25. The molecule has 2 aromatic carbocycles. The van der Waals surface area contributed by atoms with Gasteiger partial charge in [0.2, 0.25) is 0 Å². The maximum absolute atomic E-state index is 11.9. The highest BCUT2D eigenvalue weighted by atomic mass is 32.2. The van der Waals surface area contributed by atoms with Gasteiger partial charge in [0.25, 0.3) is 5.91 Å². The number of thioether (sulfide) groups is 1. The van der Waals surface area contributed by atoms with Gasteiger partial charge in [0.1, 0.15) is 0 Å². The lowest BCUT2D eigenvalue weighted by molar-refractivity contribution is 0.0951. The zero-order valence-electron chi connectivity index (χ0n) is 11.2. The van der Waals surface area contributed by atoms with Crippen LogP contribution in [0.5, 0.6) is 0 Å². The number of rotatable bonds is 5. The molecule has 0 aromatic heterocycles. The molecule has 20 heavy (non-hydrogen) atoms. The van der Waals surface area contributed by atoms with Crippen molar-refractivity contribution in [1.82, 2.24) is 5.32 Å². The van der Waals surface area contributed by atoms with Gasteiger partial charge in [-0.1, -0.05) is 30.3 Å². The maximum atomic E-state index is 11.9. The van der Waals surface area contributed by atoms with Gasteiger partial charge >= 0.3 is 0 Å². The second-order valence-corrected chi connectivity index (χ2v) is 6.10. The minimum Gasteiger partial charge on any atom is -0.349 e. The van der Waals surface area contributed by atoms with Gasteiger partial charge < -0.3 is 5.32 Å². The Hall–Kier alpha value is -1.74. The van der Waals surface area contributed by atoms with Crippen molar-refractivity contribution >= 4 is 17.7 Å². The summed E-state index contributed by atoms with van der Waals surface area (Å²) in [5, 5.41) is 3.00. The fourth-order valence-electron chi connectivity index (χ4n) is 1.93. The molecule has 1 N–H and O–H groups in total. The summed E-state index contributed by atoms with van der Waals surface area (Å²) in [5.41, 5.74) is 1.99. The highest BCUT2D eigenvalue weighted by Crippen LogP contribution is 2.23. The van der Waals surface area contributed by atoms with E-state index >= 15 is 0 Å². The third-order valence-corrected chi connectivity index (χ3v) is 4.36. The molecule has 0 unspecified atom stereocenters. The highest BCUT2D eigenvalue weighted by molar-refractivity contribution is 7.98. The van der Waals surface area contributed by atoms with Crippen LogP contribution < -0.4 is 5.32 Å². The van der Waals surface area contributed by atoms with E-state index in [0.717, 1.165) is 24.2 Å². The maximum Gasteiger partial charge on any atom is 0.251 e. The first-order valence-electron chi connectivity index (χ1n) is 6.89. The zero-order valence-corrected chi connectivity index (χ0v) is 12.0.